The Balaban J connectivity index is 1.71. The topological polar surface area (TPSA) is 78.5 Å². The highest BCUT2D eigenvalue weighted by Gasteiger charge is 2.51. The average Bonchev–Trinajstić information content (AvgIpc) is 2.96. The largest absolute Gasteiger partial charge is 0.331 e. The first-order valence-corrected chi connectivity index (χ1v) is 8.44. The molecule has 1 aliphatic carbocycles. The van der Waals surface area contributed by atoms with Crippen LogP contribution in [0, 0.1) is 11.6 Å². The molecule has 1 aromatic rings. The van der Waals surface area contributed by atoms with Crippen molar-refractivity contribution in [1.82, 2.24) is 15.5 Å². The molecule has 3 aliphatic rings. The van der Waals surface area contributed by atoms with Gasteiger partial charge in [-0.05, 0) is 29.3 Å². The van der Waals surface area contributed by atoms with Gasteiger partial charge in [0, 0.05) is 18.5 Å². The summed E-state index contributed by atoms with van der Waals surface area (Å²) in [6, 6.07) is 0.996. The predicted octanol–water partition coefficient (Wildman–Crippen LogP) is 2.24. The quantitative estimate of drug-likeness (QED) is 0.779. The normalized spacial score (nSPS) is 23.8. The molecule has 28 heavy (non-hydrogen) atoms. The number of amides is 4. The number of nitrogens with zero attached hydrogens (tertiary/aromatic N) is 1. The molecule has 0 radical (unpaired) electrons. The zero-order valence-corrected chi connectivity index (χ0v) is 14.4. The maximum atomic E-state index is 13.6. The third-order valence-corrected chi connectivity index (χ3v) is 4.94. The van der Waals surface area contributed by atoms with E-state index >= 15 is 0 Å². The van der Waals surface area contributed by atoms with Gasteiger partial charge in [-0.15, -0.1) is 0 Å². The summed E-state index contributed by atoms with van der Waals surface area (Å²) in [5.41, 5.74) is -1.09. The van der Waals surface area contributed by atoms with E-state index in [1.54, 1.807) is 0 Å². The van der Waals surface area contributed by atoms with E-state index in [4.69, 9.17) is 0 Å². The van der Waals surface area contributed by atoms with E-state index in [2.05, 4.69) is 10.6 Å². The number of fused-ring (bicyclic) bond motifs is 1. The third-order valence-electron chi connectivity index (χ3n) is 4.94. The molecule has 2 heterocycles. The van der Waals surface area contributed by atoms with Crippen LogP contribution < -0.4 is 10.6 Å². The second-order valence-corrected chi connectivity index (χ2v) is 6.74. The summed E-state index contributed by atoms with van der Waals surface area (Å²) in [6.45, 7) is -0.343. The molecule has 2 aliphatic heterocycles. The van der Waals surface area contributed by atoms with Gasteiger partial charge in [-0.2, -0.15) is 0 Å². The van der Waals surface area contributed by atoms with Crippen molar-refractivity contribution in [3.8, 4) is 0 Å². The van der Waals surface area contributed by atoms with Crippen LogP contribution in [0.3, 0.4) is 0 Å². The summed E-state index contributed by atoms with van der Waals surface area (Å²) in [5.74, 6) is -3.95. The second-order valence-electron chi connectivity index (χ2n) is 6.74. The van der Waals surface area contributed by atoms with Crippen LogP contribution in [0.25, 0.3) is 0 Å². The fourth-order valence-corrected chi connectivity index (χ4v) is 3.56. The smallest absolute Gasteiger partial charge is 0.322 e. The second kappa shape index (κ2) is 6.36. The minimum atomic E-state index is -1.65. The van der Waals surface area contributed by atoms with Crippen molar-refractivity contribution >= 4 is 17.8 Å². The zero-order chi connectivity index (χ0) is 20.1. The Labute approximate surface area is 157 Å². The van der Waals surface area contributed by atoms with Gasteiger partial charge in [0.1, 0.15) is 5.83 Å². The molecule has 4 rings (SSSR count). The maximum Gasteiger partial charge on any atom is 0.322 e. The maximum absolute atomic E-state index is 13.6. The fraction of sp³-hybridized carbons (Fsp3) is 0.211. The lowest BCUT2D eigenvalue weighted by molar-refractivity contribution is -0.123. The molecular weight excluding hydrogens is 375 g/mol. The van der Waals surface area contributed by atoms with E-state index in [-0.39, 0.29) is 36.2 Å². The van der Waals surface area contributed by atoms with Gasteiger partial charge in [-0.25, -0.2) is 18.0 Å². The van der Waals surface area contributed by atoms with Crippen molar-refractivity contribution in [1.29, 1.82) is 0 Å². The molecule has 1 aromatic carbocycles. The number of halogens is 3. The summed E-state index contributed by atoms with van der Waals surface area (Å²) in [6.07, 6.45) is 5.56. The van der Waals surface area contributed by atoms with Gasteiger partial charge in [0.2, 0.25) is 0 Å². The van der Waals surface area contributed by atoms with Crippen molar-refractivity contribution in [2.24, 2.45) is 0 Å². The van der Waals surface area contributed by atoms with Crippen LogP contribution in [-0.2, 0) is 11.3 Å². The molecular formula is C19H14F3N3O3. The van der Waals surface area contributed by atoms with Crippen LogP contribution >= 0.6 is 0 Å². The van der Waals surface area contributed by atoms with Crippen LogP contribution in [0.15, 0.2) is 47.8 Å². The first kappa shape index (κ1) is 18.0. The highest BCUT2D eigenvalue weighted by atomic mass is 19.2. The number of allylic oxidation sites excluding steroid dienone is 4. The van der Waals surface area contributed by atoms with Crippen LogP contribution in [0.5, 0.6) is 0 Å². The molecule has 1 fully saturated rings. The van der Waals surface area contributed by atoms with Crippen LogP contribution in [0.2, 0.25) is 0 Å². The molecule has 0 bridgehead atoms. The molecule has 2 N–H and O–H groups in total. The molecule has 1 saturated heterocycles. The lowest BCUT2D eigenvalue weighted by Gasteiger charge is -2.31. The highest BCUT2D eigenvalue weighted by molar-refractivity contribution is 6.10. The lowest BCUT2D eigenvalue weighted by Crippen LogP contribution is -2.56. The van der Waals surface area contributed by atoms with E-state index in [9.17, 15) is 27.6 Å². The zero-order valence-electron chi connectivity index (χ0n) is 14.4. The third kappa shape index (κ3) is 2.79. The Morgan fingerprint density at radius 3 is 2.54 bits per heavy atom. The summed E-state index contributed by atoms with van der Waals surface area (Å²) in [7, 11) is 0. The minimum absolute atomic E-state index is 0.00453. The molecule has 0 saturated carbocycles. The van der Waals surface area contributed by atoms with Gasteiger partial charge in [0.25, 0.3) is 11.8 Å². The van der Waals surface area contributed by atoms with Gasteiger partial charge in [-0.1, -0.05) is 18.2 Å². The summed E-state index contributed by atoms with van der Waals surface area (Å²) in [4.78, 5) is 38.4. The molecule has 0 spiro atoms. The molecule has 144 valence electrons. The van der Waals surface area contributed by atoms with Gasteiger partial charge in [-0.3, -0.25) is 14.9 Å². The minimum Gasteiger partial charge on any atom is -0.331 e. The molecule has 6 nitrogen and oxygen atoms in total. The number of nitrogens with one attached hydrogen (secondary N) is 2. The highest BCUT2D eigenvalue weighted by Crippen LogP contribution is 2.31. The van der Waals surface area contributed by atoms with Crippen molar-refractivity contribution in [2.75, 3.05) is 6.54 Å². The Morgan fingerprint density at radius 2 is 1.82 bits per heavy atom. The number of rotatable bonds is 3. The van der Waals surface area contributed by atoms with E-state index in [0.29, 0.717) is 0 Å². The average molecular weight is 389 g/mol. The molecule has 1 unspecified atom stereocenters. The van der Waals surface area contributed by atoms with Crippen LogP contribution in [0.1, 0.15) is 22.3 Å². The van der Waals surface area contributed by atoms with E-state index in [1.807, 2.05) is 0 Å². The number of hydrogen-bond acceptors (Lipinski definition) is 3. The lowest BCUT2D eigenvalue weighted by atomic mass is 9.88. The Hall–Kier alpha value is -3.36. The van der Waals surface area contributed by atoms with Crippen molar-refractivity contribution < 1.29 is 27.6 Å². The summed E-state index contributed by atoms with van der Waals surface area (Å²) in [5, 5.41) is 4.64. The Bertz CT molecular complexity index is 1020. The number of carbonyl (C=O) groups excluding carboxylic acids is 3. The Kier molecular flexibility index (Phi) is 4.10. The molecule has 1 atom stereocenters. The van der Waals surface area contributed by atoms with Gasteiger partial charge >= 0.3 is 6.03 Å². The number of imide groups is 1. The SMILES string of the molecule is O=C1NC(=O)C(CN2Cc3cc(F)c(F)cc3C2=O)(C2=CC=C(F)CC=C2)N1. The van der Waals surface area contributed by atoms with Gasteiger partial charge in [0.15, 0.2) is 17.2 Å². The first-order chi connectivity index (χ1) is 13.3. The predicted molar refractivity (Wildman–Crippen MR) is 91.5 cm³/mol. The van der Waals surface area contributed by atoms with Crippen molar-refractivity contribution in [3.05, 3.63) is 70.6 Å². The van der Waals surface area contributed by atoms with E-state index in [1.165, 1.54) is 29.2 Å². The van der Waals surface area contributed by atoms with Crippen LogP contribution in [-0.4, -0.2) is 34.8 Å². The number of hydrogen-bond donors (Lipinski definition) is 2. The molecule has 9 heteroatoms. The number of benzene rings is 1. The van der Waals surface area contributed by atoms with E-state index in [0.717, 1.165) is 12.1 Å². The van der Waals surface area contributed by atoms with E-state index < -0.39 is 40.8 Å². The van der Waals surface area contributed by atoms with Crippen molar-refractivity contribution in [2.45, 2.75) is 18.5 Å². The monoisotopic (exact) mass is 389 g/mol. The number of urea groups is 1. The Morgan fingerprint density at radius 1 is 1.07 bits per heavy atom. The summed E-state index contributed by atoms with van der Waals surface area (Å²) >= 11 is 0. The molecule has 0 aromatic heterocycles. The standard InChI is InChI=1S/C19H14F3N3O3/c20-12-3-1-2-11(4-5-12)19(17(27)23-18(28)24-19)9-25-8-10-6-14(21)15(22)7-13(10)16(25)26/h1-2,4-7H,3,8-9H2,(H2,23,24,27,28). The van der Waals surface area contributed by atoms with Crippen molar-refractivity contribution in [3.63, 3.8) is 0 Å². The fourth-order valence-electron chi connectivity index (χ4n) is 3.56. The van der Waals surface area contributed by atoms with Crippen LogP contribution in [0.4, 0.5) is 18.0 Å². The number of carbonyl (C=O) groups is 3. The first-order valence-electron chi connectivity index (χ1n) is 8.44. The van der Waals surface area contributed by atoms with Gasteiger partial charge in [0.05, 0.1) is 6.54 Å². The van der Waals surface area contributed by atoms with Gasteiger partial charge < -0.3 is 10.2 Å². The summed E-state index contributed by atoms with van der Waals surface area (Å²) < 4.78 is 40.6. The molecule has 4 amide bonds.